The maximum atomic E-state index is 14.3. The number of carbonyl (C=O) groups is 1. The summed E-state index contributed by atoms with van der Waals surface area (Å²) >= 11 is 0. The van der Waals surface area contributed by atoms with Crippen LogP contribution in [-0.2, 0) is 4.79 Å². The van der Waals surface area contributed by atoms with Crippen LogP contribution in [0.3, 0.4) is 0 Å². The highest BCUT2D eigenvalue weighted by Crippen LogP contribution is 2.51. The molecule has 0 aromatic carbocycles. The van der Waals surface area contributed by atoms with Crippen LogP contribution in [0.1, 0.15) is 83.9 Å². The van der Waals surface area contributed by atoms with Crippen molar-refractivity contribution in [1.29, 1.82) is 0 Å². The number of allylic oxidation sites excluding steroid dienone is 1. The fraction of sp³-hybridized carbons (Fsp3) is 0.667. The minimum absolute atomic E-state index is 0.00447. The molecule has 4 aliphatic heterocycles. The van der Waals surface area contributed by atoms with Gasteiger partial charge >= 0.3 is 0 Å². The topological polar surface area (TPSA) is 83.0 Å². The van der Waals surface area contributed by atoms with Gasteiger partial charge in [-0.1, -0.05) is 25.2 Å². The number of piperidine rings is 1. The van der Waals surface area contributed by atoms with E-state index in [9.17, 15) is 4.79 Å². The first kappa shape index (κ1) is 25.4. The smallest absolute Gasteiger partial charge is 0.226 e. The normalized spacial score (nSPS) is 33.0. The molecule has 5 aliphatic rings. The summed E-state index contributed by atoms with van der Waals surface area (Å²) in [7, 11) is 2.22. The number of carbonyl (C=O) groups excluding carboxylic acids is 1. The second kappa shape index (κ2) is 9.73. The van der Waals surface area contributed by atoms with Crippen LogP contribution in [0.4, 0.5) is 5.82 Å². The summed E-state index contributed by atoms with van der Waals surface area (Å²) in [6.45, 7) is 9.07. The van der Waals surface area contributed by atoms with Gasteiger partial charge in [-0.3, -0.25) is 4.79 Å². The molecule has 1 saturated carbocycles. The Morgan fingerprint density at radius 2 is 2.03 bits per heavy atom. The van der Waals surface area contributed by atoms with Crippen LogP contribution >= 0.6 is 0 Å². The molecule has 2 saturated heterocycles. The molecule has 1 amide bonds. The van der Waals surface area contributed by atoms with E-state index in [1.807, 2.05) is 17.8 Å². The second-order valence-electron chi connectivity index (χ2n) is 12.1. The van der Waals surface area contributed by atoms with E-state index in [1.54, 1.807) is 0 Å². The van der Waals surface area contributed by atoms with Crippen LogP contribution in [0.5, 0.6) is 0 Å². The molecule has 0 spiro atoms. The molecule has 8 heteroatoms. The number of fused-ring (bicyclic) bond motifs is 2. The van der Waals surface area contributed by atoms with Crippen LogP contribution in [0, 0.1) is 11.8 Å². The van der Waals surface area contributed by atoms with Crippen molar-refractivity contribution in [2.45, 2.75) is 89.8 Å². The van der Waals surface area contributed by atoms with Crippen molar-refractivity contribution in [2.24, 2.45) is 22.6 Å². The zero-order chi connectivity index (χ0) is 26.6. The Morgan fingerprint density at radius 3 is 2.79 bits per heavy atom. The average molecular weight is 518 g/mol. The molecule has 2 N–H and O–H groups in total. The zero-order valence-electron chi connectivity index (χ0n) is 23.5. The minimum atomic E-state index is -0.00447. The van der Waals surface area contributed by atoms with E-state index in [0.717, 1.165) is 87.5 Å². The highest BCUT2D eigenvalue weighted by Gasteiger charge is 2.53. The molecule has 204 valence electrons. The van der Waals surface area contributed by atoms with Crippen molar-refractivity contribution in [3.05, 3.63) is 34.8 Å². The van der Waals surface area contributed by atoms with Crippen LogP contribution in [0.2, 0.25) is 0 Å². The first-order valence-electron chi connectivity index (χ1n) is 14.7. The van der Waals surface area contributed by atoms with Gasteiger partial charge < -0.3 is 20.4 Å². The van der Waals surface area contributed by atoms with Crippen molar-refractivity contribution in [1.82, 2.24) is 24.5 Å². The van der Waals surface area contributed by atoms with Gasteiger partial charge in [-0.2, -0.15) is 5.10 Å². The molecule has 3 unspecified atom stereocenters. The Morgan fingerprint density at radius 1 is 1.18 bits per heavy atom. The van der Waals surface area contributed by atoms with Gasteiger partial charge in [-0.15, -0.1) is 0 Å². The van der Waals surface area contributed by atoms with Gasteiger partial charge in [0.05, 0.1) is 17.9 Å². The first-order chi connectivity index (χ1) is 18.3. The third-order valence-corrected chi connectivity index (χ3v) is 10.1. The quantitative estimate of drug-likeness (QED) is 0.600. The Bertz CT molecular complexity index is 1240. The van der Waals surface area contributed by atoms with E-state index < -0.39 is 0 Å². The van der Waals surface area contributed by atoms with Crippen LogP contribution in [0.15, 0.2) is 34.1 Å². The molecule has 8 nitrogen and oxygen atoms in total. The molecule has 1 aromatic heterocycles. The first-order valence-corrected chi connectivity index (χ1v) is 14.7. The molecule has 3 fully saturated rings. The average Bonchev–Trinajstić information content (AvgIpc) is 3.58. The van der Waals surface area contributed by atoms with Crippen molar-refractivity contribution < 1.29 is 4.79 Å². The predicted molar refractivity (Wildman–Crippen MR) is 151 cm³/mol. The maximum Gasteiger partial charge on any atom is 0.226 e. The summed E-state index contributed by atoms with van der Waals surface area (Å²) in [5, 5.41) is 4.96. The number of nitrogens with two attached hydrogens (primary N) is 1. The highest BCUT2D eigenvalue weighted by molar-refractivity contribution is 6.00. The summed E-state index contributed by atoms with van der Waals surface area (Å²) in [4.78, 5) is 26.2. The fourth-order valence-electron chi connectivity index (χ4n) is 7.82. The monoisotopic (exact) mass is 517 g/mol. The summed E-state index contributed by atoms with van der Waals surface area (Å²) < 4.78 is 1.83. The molecule has 0 radical (unpaired) electrons. The van der Waals surface area contributed by atoms with Gasteiger partial charge in [0.15, 0.2) is 5.82 Å². The second-order valence-corrected chi connectivity index (χ2v) is 12.1. The number of hydrogen-bond donors (Lipinski definition) is 1. The van der Waals surface area contributed by atoms with Gasteiger partial charge in [0.1, 0.15) is 5.84 Å². The van der Waals surface area contributed by atoms with E-state index in [0.29, 0.717) is 5.91 Å². The van der Waals surface area contributed by atoms with Gasteiger partial charge in [0.25, 0.3) is 0 Å². The molecule has 1 aliphatic carbocycles. The Hall–Kier alpha value is -2.83. The number of rotatable bonds is 3. The maximum absolute atomic E-state index is 14.3. The number of hydrogen-bond acceptors (Lipinski definition) is 6. The molecule has 5 heterocycles. The Kier molecular flexibility index (Phi) is 6.51. The lowest BCUT2D eigenvalue weighted by molar-refractivity contribution is -0.144. The lowest BCUT2D eigenvalue weighted by atomic mass is 9.66. The van der Waals surface area contributed by atoms with E-state index in [1.165, 1.54) is 12.1 Å². The molecule has 0 bridgehead atoms. The third-order valence-electron chi connectivity index (χ3n) is 10.1. The number of aromatic nitrogens is 2. The van der Waals surface area contributed by atoms with Crippen LogP contribution in [0.25, 0.3) is 6.20 Å². The zero-order valence-corrected chi connectivity index (χ0v) is 23.5. The molecule has 5 atom stereocenters. The van der Waals surface area contributed by atoms with Crippen molar-refractivity contribution in [2.75, 3.05) is 26.7 Å². The van der Waals surface area contributed by atoms with Crippen molar-refractivity contribution in [3.8, 4) is 0 Å². The highest BCUT2D eigenvalue weighted by atomic mass is 16.2. The SMILES string of the molecule is CCC12CCCC(C(=O)N3CCCC[C@H]3c3cc4n(n3)C=C=C(C)C(N3CC[C@H](N)C3)=N4)C1C=C(C)N2C. The lowest BCUT2D eigenvalue weighted by Crippen LogP contribution is -2.54. The number of nitrogens with zero attached hydrogens (tertiary/aromatic N) is 6. The minimum Gasteiger partial charge on any atom is -0.372 e. The van der Waals surface area contributed by atoms with E-state index in [2.05, 4.69) is 53.5 Å². The Labute approximate surface area is 226 Å². The molecular formula is C30H43N7O. The van der Waals surface area contributed by atoms with Crippen molar-refractivity contribution in [3.63, 3.8) is 0 Å². The van der Waals surface area contributed by atoms with E-state index in [4.69, 9.17) is 15.8 Å². The number of aliphatic imine (C=N–C) groups is 1. The van der Waals surface area contributed by atoms with Gasteiger partial charge in [-0.05, 0) is 58.8 Å². The summed E-state index contributed by atoms with van der Waals surface area (Å²) in [5.74, 6) is 2.38. The number of likely N-dealkylation sites (tertiary alicyclic amines) is 2. The van der Waals surface area contributed by atoms with Crippen molar-refractivity contribution >= 4 is 23.8 Å². The summed E-state index contributed by atoms with van der Waals surface area (Å²) in [5.41, 5.74) is 12.9. The lowest BCUT2D eigenvalue weighted by Gasteiger charge is -2.49. The molecular weight excluding hydrogens is 474 g/mol. The molecule has 38 heavy (non-hydrogen) atoms. The molecule has 6 rings (SSSR count). The van der Waals surface area contributed by atoms with Gasteiger partial charge in [0, 0.05) is 67.4 Å². The predicted octanol–water partition coefficient (Wildman–Crippen LogP) is 4.44. The fourth-order valence-corrected chi connectivity index (χ4v) is 7.82. The summed E-state index contributed by atoms with van der Waals surface area (Å²) in [6.07, 6.45) is 12.7. The van der Waals surface area contributed by atoms with Crippen LogP contribution in [-0.4, -0.2) is 74.5 Å². The Balaban J connectivity index is 1.29. The number of amidine groups is 1. The number of amides is 1. The van der Waals surface area contributed by atoms with E-state index in [-0.39, 0.29) is 29.5 Å². The van der Waals surface area contributed by atoms with Gasteiger partial charge in [0.2, 0.25) is 5.91 Å². The van der Waals surface area contributed by atoms with Gasteiger partial charge in [-0.25, -0.2) is 9.67 Å². The van der Waals surface area contributed by atoms with E-state index >= 15 is 0 Å². The standard InChI is InChI=1S/C30H43N7O/c1-5-30-13-8-9-23(24(30)17-21(3)34(30)4)29(38)36-14-7-6-10-26(36)25-18-27-32-28(35-15-12-22(31)19-35)20(2)11-16-37(27)33-25/h16-18,22-24,26H,5-10,12-15,19,31H2,1-4H3/t22-,23?,24?,26-,30?/m0/s1. The van der Waals surface area contributed by atoms with Crippen LogP contribution < -0.4 is 5.73 Å². The largest absolute Gasteiger partial charge is 0.372 e. The summed E-state index contributed by atoms with van der Waals surface area (Å²) in [6, 6.07) is 2.27. The third kappa shape index (κ3) is 4.04. The molecule has 1 aromatic rings.